The Morgan fingerprint density at radius 3 is 3.04 bits per heavy atom. The maximum absolute atomic E-state index is 5.74. The van der Waals surface area contributed by atoms with Crippen molar-refractivity contribution in [2.75, 3.05) is 24.8 Å². The van der Waals surface area contributed by atoms with Crippen LogP contribution < -0.4 is 15.0 Å². The molecule has 24 heavy (non-hydrogen) atoms. The summed E-state index contributed by atoms with van der Waals surface area (Å²) in [6.45, 7) is 4.10. The molecular weight excluding hydrogens is 324 g/mol. The van der Waals surface area contributed by atoms with E-state index >= 15 is 0 Å². The monoisotopic (exact) mass is 342 g/mol. The van der Waals surface area contributed by atoms with E-state index in [4.69, 9.17) is 9.47 Å². The molecule has 0 amide bonds. The van der Waals surface area contributed by atoms with Gasteiger partial charge in [-0.1, -0.05) is 23.0 Å². The third-order valence-corrected chi connectivity index (χ3v) is 4.82. The molecule has 2 aromatic heterocycles. The predicted octanol–water partition coefficient (Wildman–Crippen LogP) is 2.77. The van der Waals surface area contributed by atoms with Crippen molar-refractivity contribution >= 4 is 16.3 Å². The van der Waals surface area contributed by atoms with Gasteiger partial charge < -0.3 is 14.4 Å². The highest BCUT2D eigenvalue weighted by Crippen LogP contribution is 2.31. The summed E-state index contributed by atoms with van der Waals surface area (Å²) in [5, 5.41) is 5.11. The lowest BCUT2D eigenvalue weighted by molar-refractivity contribution is 0.139. The molecule has 6 nitrogen and oxygen atoms in total. The van der Waals surface area contributed by atoms with Crippen LogP contribution in [0.15, 0.2) is 48.5 Å². The van der Waals surface area contributed by atoms with E-state index in [-0.39, 0.29) is 6.23 Å². The van der Waals surface area contributed by atoms with E-state index in [9.17, 15) is 0 Å². The molecule has 0 aliphatic carbocycles. The van der Waals surface area contributed by atoms with E-state index in [1.54, 1.807) is 17.5 Å². The predicted molar refractivity (Wildman–Crippen MR) is 94.0 cm³/mol. The van der Waals surface area contributed by atoms with Crippen LogP contribution in [0.25, 0.3) is 10.7 Å². The normalized spacial score (nSPS) is 20.3. The van der Waals surface area contributed by atoms with Crippen LogP contribution in [0.1, 0.15) is 6.92 Å². The van der Waals surface area contributed by atoms with Gasteiger partial charge >= 0.3 is 0 Å². The lowest BCUT2D eigenvalue weighted by atomic mass is 10.2. The van der Waals surface area contributed by atoms with Gasteiger partial charge in [0, 0.05) is 12.7 Å². The zero-order valence-corrected chi connectivity index (χ0v) is 14.1. The molecule has 1 unspecified atom stereocenters. The zero-order chi connectivity index (χ0) is 16.4. The lowest BCUT2D eigenvalue weighted by Crippen LogP contribution is -2.29. The van der Waals surface area contributed by atoms with Crippen molar-refractivity contribution in [1.82, 2.24) is 15.3 Å². The summed E-state index contributed by atoms with van der Waals surface area (Å²) in [6, 6.07) is 3.85. The molecule has 0 radical (unpaired) electrons. The van der Waals surface area contributed by atoms with Crippen LogP contribution in [0.5, 0.6) is 5.75 Å². The molecule has 124 valence electrons. The molecule has 2 aliphatic heterocycles. The number of rotatable bonds is 4. The summed E-state index contributed by atoms with van der Waals surface area (Å²) >= 11 is 1.63. The summed E-state index contributed by atoms with van der Waals surface area (Å²) in [6.07, 6.45) is 9.78. The van der Waals surface area contributed by atoms with Crippen LogP contribution in [0.4, 0.5) is 5.00 Å². The van der Waals surface area contributed by atoms with Gasteiger partial charge in [-0.05, 0) is 25.1 Å². The van der Waals surface area contributed by atoms with E-state index in [0.717, 1.165) is 28.0 Å². The Morgan fingerprint density at radius 1 is 1.33 bits per heavy atom. The van der Waals surface area contributed by atoms with E-state index in [0.29, 0.717) is 13.3 Å². The molecular formula is C17H18N4O2S. The Bertz CT molecular complexity index is 763. The van der Waals surface area contributed by atoms with Crippen LogP contribution in [0.3, 0.4) is 0 Å². The quantitative estimate of drug-likeness (QED) is 0.922. The van der Waals surface area contributed by atoms with Crippen molar-refractivity contribution in [3.8, 4) is 16.5 Å². The van der Waals surface area contributed by atoms with Crippen molar-refractivity contribution in [2.45, 2.75) is 13.2 Å². The number of allylic oxidation sites excluding steroid dienone is 2. The smallest absolute Gasteiger partial charge is 0.175 e. The first-order valence-electron chi connectivity index (χ1n) is 7.78. The van der Waals surface area contributed by atoms with Gasteiger partial charge in [0.2, 0.25) is 0 Å². The highest BCUT2D eigenvalue weighted by atomic mass is 32.1. The highest BCUT2D eigenvalue weighted by molar-refractivity contribution is 7.18. The third-order valence-electron chi connectivity index (χ3n) is 3.76. The van der Waals surface area contributed by atoms with E-state index in [1.807, 2.05) is 18.3 Å². The minimum absolute atomic E-state index is 0.105. The number of anilines is 1. The first-order valence-corrected chi connectivity index (χ1v) is 8.60. The van der Waals surface area contributed by atoms with Gasteiger partial charge in [0.15, 0.2) is 6.23 Å². The van der Waals surface area contributed by atoms with Gasteiger partial charge in [-0.3, -0.25) is 5.32 Å². The van der Waals surface area contributed by atoms with E-state index in [1.165, 1.54) is 5.57 Å². The average Bonchev–Trinajstić information content (AvgIpc) is 3.27. The second-order valence-corrected chi connectivity index (χ2v) is 6.70. The van der Waals surface area contributed by atoms with Gasteiger partial charge in [-0.25, -0.2) is 9.97 Å². The van der Waals surface area contributed by atoms with Gasteiger partial charge in [-0.2, -0.15) is 0 Å². The van der Waals surface area contributed by atoms with E-state index < -0.39 is 0 Å². The number of thiazole rings is 1. The van der Waals surface area contributed by atoms with Crippen molar-refractivity contribution in [2.24, 2.45) is 0 Å². The fraction of sp³-hybridized carbons (Fsp3) is 0.294. The Labute approximate surface area is 144 Å². The van der Waals surface area contributed by atoms with Crippen LogP contribution in [0, 0.1) is 0 Å². The van der Waals surface area contributed by atoms with Crippen LogP contribution in [0.2, 0.25) is 0 Å². The second-order valence-electron chi connectivity index (χ2n) is 5.69. The first kappa shape index (κ1) is 15.3. The molecule has 0 saturated carbocycles. The standard InChI is InChI=1S/C17H18N4O2S/c1-12-3-2-6-21(9-12)16-8-19-17(24-16)14-5-4-13(7-18-14)23-15-10-22-11-20-15/h2-8,15,20H,9-11H2,1H3. The summed E-state index contributed by atoms with van der Waals surface area (Å²) in [4.78, 5) is 11.2. The van der Waals surface area contributed by atoms with Gasteiger partial charge in [0.25, 0.3) is 0 Å². The molecule has 4 rings (SSSR count). The molecule has 1 atom stereocenters. The molecule has 1 saturated heterocycles. The zero-order valence-electron chi connectivity index (χ0n) is 13.3. The first-order chi connectivity index (χ1) is 11.8. The number of ether oxygens (including phenoxy) is 2. The Balaban J connectivity index is 1.46. The summed E-state index contributed by atoms with van der Waals surface area (Å²) < 4.78 is 11.0. The van der Waals surface area contributed by atoms with Crippen LogP contribution >= 0.6 is 11.3 Å². The van der Waals surface area contributed by atoms with Crippen molar-refractivity contribution in [1.29, 1.82) is 0 Å². The molecule has 0 spiro atoms. The highest BCUT2D eigenvalue weighted by Gasteiger charge is 2.16. The fourth-order valence-corrected chi connectivity index (χ4v) is 3.42. The number of nitrogens with one attached hydrogen (secondary N) is 1. The average molecular weight is 342 g/mol. The maximum atomic E-state index is 5.74. The minimum atomic E-state index is -0.105. The number of aromatic nitrogens is 2. The third kappa shape index (κ3) is 3.33. The van der Waals surface area contributed by atoms with E-state index in [2.05, 4.69) is 45.5 Å². The lowest BCUT2D eigenvalue weighted by Gasteiger charge is -2.20. The molecule has 4 heterocycles. The maximum Gasteiger partial charge on any atom is 0.175 e. The number of pyridine rings is 1. The molecule has 2 aliphatic rings. The largest absolute Gasteiger partial charge is 0.471 e. The van der Waals surface area contributed by atoms with Crippen LogP contribution in [-0.2, 0) is 4.74 Å². The van der Waals surface area contributed by atoms with Crippen molar-refractivity contribution in [3.05, 3.63) is 48.5 Å². The summed E-state index contributed by atoms with van der Waals surface area (Å²) in [5.41, 5.74) is 2.18. The minimum Gasteiger partial charge on any atom is -0.471 e. The summed E-state index contributed by atoms with van der Waals surface area (Å²) in [5.74, 6) is 0.721. The topological polar surface area (TPSA) is 59.5 Å². The fourth-order valence-electron chi connectivity index (χ4n) is 2.55. The Morgan fingerprint density at radius 2 is 2.29 bits per heavy atom. The SMILES string of the molecule is CC1=CC=CN(c2cnc(-c3ccc(OC4COCN4)cn3)s2)C1. The Kier molecular flexibility index (Phi) is 4.29. The molecule has 1 fully saturated rings. The molecule has 1 N–H and O–H groups in total. The number of hydrogen-bond acceptors (Lipinski definition) is 7. The second kappa shape index (κ2) is 6.72. The molecule has 2 aromatic rings. The van der Waals surface area contributed by atoms with Gasteiger partial charge in [0.05, 0.1) is 31.4 Å². The number of hydrogen-bond donors (Lipinski definition) is 1. The van der Waals surface area contributed by atoms with Gasteiger partial charge in [0.1, 0.15) is 15.8 Å². The molecule has 0 bridgehead atoms. The summed E-state index contributed by atoms with van der Waals surface area (Å²) in [7, 11) is 0. The van der Waals surface area contributed by atoms with Crippen LogP contribution in [-0.4, -0.2) is 36.1 Å². The molecule has 7 heteroatoms. The van der Waals surface area contributed by atoms with Gasteiger partial charge in [-0.15, -0.1) is 0 Å². The molecule has 0 aromatic carbocycles. The van der Waals surface area contributed by atoms with Crippen molar-refractivity contribution in [3.63, 3.8) is 0 Å². The van der Waals surface area contributed by atoms with Crippen molar-refractivity contribution < 1.29 is 9.47 Å². The Hall–Kier alpha value is -2.22. The number of nitrogens with zero attached hydrogens (tertiary/aromatic N) is 3.